The molecule has 17 heavy (non-hydrogen) atoms. The standard InChI is InChI=1S/C13H18O3S/c1-10(9-14)11-3-5-12(6-4-11)13(7-8-13)17(2,15)16/h3-6,10,14H,7-9H2,1-2H3. The molecule has 2 rings (SSSR count). The van der Waals surface area contributed by atoms with Gasteiger partial charge in [0.25, 0.3) is 0 Å². The smallest absolute Gasteiger partial charge is 0.157 e. The lowest BCUT2D eigenvalue weighted by atomic mass is 9.99. The molecule has 1 saturated carbocycles. The highest BCUT2D eigenvalue weighted by molar-refractivity contribution is 7.92. The van der Waals surface area contributed by atoms with Crippen molar-refractivity contribution in [3.63, 3.8) is 0 Å². The number of hydrogen-bond donors (Lipinski definition) is 1. The summed E-state index contributed by atoms with van der Waals surface area (Å²) in [4.78, 5) is 0. The molecule has 1 aliphatic rings. The summed E-state index contributed by atoms with van der Waals surface area (Å²) in [5, 5.41) is 9.06. The fourth-order valence-electron chi connectivity index (χ4n) is 2.21. The van der Waals surface area contributed by atoms with Crippen LogP contribution < -0.4 is 0 Å². The molecule has 94 valence electrons. The lowest BCUT2D eigenvalue weighted by molar-refractivity contribution is 0.273. The molecule has 1 aromatic carbocycles. The highest BCUT2D eigenvalue weighted by atomic mass is 32.2. The first-order chi connectivity index (χ1) is 7.90. The van der Waals surface area contributed by atoms with Crippen molar-refractivity contribution in [1.29, 1.82) is 0 Å². The van der Waals surface area contributed by atoms with Gasteiger partial charge < -0.3 is 5.11 Å². The van der Waals surface area contributed by atoms with Crippen molar-refractivity contribution in [2.45, 2.75) is 30.4 Å². The van der Waals surface area contributed by atoms with Gasteiger partial charge in [0.05, 0.1) is 4.75 Å². The van der Waals surface area contributed by atoms with E-state index in [4.69, 9.17) is 5.11 Å². The van der Waals surface area contributed by atoms with Crippen molar-refractivity contribution in [3.05, 3.63) is 35.4 Å². The summed E-state index contributed by atoms with van der Waals surface area (Å²) < 4.78 is 22.9. The molecule has 0 bridgehead atoms. The Morgan fingerprint density at radius 1 is 1.29 bits per heavy atom. The van der Waals surface area contributed by atoms with Crippen LogP contribution in [0.25, 0.3) is 0 Å². The second-order valence-electron chi connectivity index (χ2n) is 4.97. The molecule has 3 nitrogen and oxygen atoms in total. The van der Waals surface area contributed by atoms with Gasteiger partial charge in [-0.15, -0.1) is 0 Å². The van der Waals surface area contributed by atoms with Crippen LogP contribution in [-0.2, 0) is 14.6 Å². The minimum atomic E-state index is -3.03. The van der Waals surface area contributed by atoms with Crippen LogP contribution in [0.3, 0.4) is 0 Å². The minimum absolute atomic E-state index is 0.0948. The van der Waals surface area contributed by atoms with Gasteiger partial charge in [-0.3, -0.25) is 0 Å². The number of aliphatic hydroxyl groups is 1. The summed E-state index contributed by atoms with van der Waals surface area (Å²) in [6, 6.07) is 7.61. The van der Waals surface area contributed by atoms with Crippen molar-refractivity contribution in [2.75, 3.05) is 12.9 Å². The molecule has 0 spiro atoms. The summed E-state index contributed by atoms with van der Waals surface area (Å²) >= 11 is 0. The van der Waals surface area contributed by atoms with Crippen molar-refractivity contribution in [1.82, 2.24) is 0 Å². The van der Waals surface area contributed by atoms with E-state index in [9.17, 15) is 8.42 Å². The Labute approximate surface area is 102 Å². The lowest BCUT2D eigenvalue weighted by Crippen LogP contribution is -2.19. The molecule has 0 radical (unpaired) electrons. The molecule has 1 unspecified atom stereocenters. The van der Waals surface area contributed by atoms with E-state index < -0.39 is 14.6 Å². The van der Waals surface area contributed by atoms with Gasteiger partial charge in [-0.2, -0.15) is 0 Å². The molecule has 0 heterocycles. The monoisotopic (exact) mass is 254 g/mol. The van der Waals surface area contributed by atoms with E-state index in [0.29, 0.717) is 0 Å². The van der Waals surface area contributed by atoms with Crippen LogP contribution in [0, 0.1) is 0 Å². The van der Waals surface area contributed by atoms with Gasteiger partial charge >= 0.3 is 0 Å². The average molecular weight is 254 g/mol. The largest absolute Gasteiger partial charge is 0.396 e. The summed E-state index contributed by atoms with van der Waals surface area (Å²) in [7, 11) is -3.03. The zero-order chi connectivity index (χ0) is 12.7. The van der Waals surface area contributed by atoms with E-state index in [2.05, 4.69) is 0 Å². The SMILES string of the molecule is CC(CO)c1ccc(C2(S(C)(=O)=O)CC2)cc1. The van der Waals surface area contributed by atoms with Gasteiger partial charge in [0.1, 0.15) is 0 Å². The topological polar surface area (TPSA) is 54.4 Å². The predicted octanol–water partition coefficient (Wildman–Crippen LogP) is 1.82. The van der Waals surface area contributed by atoms with E-state index in [1.54, 1.807) is 0 Å². The Morgan fingerprint density at radius 3 is 2.18 bits per heavy atom. The molecular weight excluding hydrogens is 236 g/mol. The summed E-state index contributed by atoms with van der Waals surface area (Å²) in [6.45, 7) is 2.05. The van der Waals surface area contributed by atoms with E-state index >= 15 is 0 Å². The number of hydrogen-bond acceptors (Lipinski definition) is 3. The number of benzene rings is 1. The molecule has 0 aliphatic heterocycles. The minimum Gasteiger partial charge on any atom is -0.396 e. The van der Waals surface area contributed by atoms with E-state index in [1.807, 2.05) is 31.2 Å². The third-order valence-corrected chi connectivity index (χ3v) is 5.76. The Kier molecular flexibility index (Phi) is 3.04. The molecule has 0 amide bonds. The van der Waals surface area contributed by atoms with E-state index in [0.717, 1.165) is 24.0 Å². The predicted molar refractivity (Wildman–Crippen MR) is 67.7 cm³/mol. The lowest BCUT2D eigenvalue weighted by Gasteiger charge is -2.15. The Balaban J connectivity index is 2.31. The second kappa shape index (κ2) is 4.10. The molecule has 1 atom stereocenters. The van der Waals surface area contributed by atoms with Crippen LogP contribution in [0.1, 0.15) is 36.8 Å². The molecule has 1 fully saturated rings. The third-order valence-electron chi connectivity index (χ3n) is 3.69. The fraction of sp³-hybridized carbons (Fsp3) is 0.538. The van der Waals surface area contributed by atoms with E-state index in [-0.39, 0.29) is 12.5 Å². The van der Waals surface area contributed by atoms with Gasteiger partial charge in [-0.1, -0.05) is 31.2 Å². The van der Waals surface area contributed by atoms with Gasteiger partial charge in [-0.25, -0.2) is 8.42 Å². The van der Waals surface area contributed by atoms with Crippen LogP contribution in [0.2, 0.25) is 0 Å². The summed E-state index contributed by atoms with van der Waals surface area (Å²) in [5.41, 5.74) is 1.93. The Bertz CT molecular complexity index is 498. The van der Waals surface area contributed by atoms with Gasteiger partial charge in [0.2, 0.25) is 0 Å². The zero-order valence-corrected chi connectivity index (χ0v) is 11.0. The third kappa shape index (κ3) is 2.11. The number of rotatable bonds is 4. The highest BCUT2D eigenvalue weighted by Crippen LogP contribution is 2.52. The quantitative estimate of drug-likeness (QED) is 0.891. The maximum atomic E-state index is 11.8. The molecular formula is C13H18O3S. The van der Waals surface area contributed by atoms with Crippen LogP contribution in [0.5, 0.6) is 0 Å². The van der Waals surface area contributed by atoms with Crippen LogP contribution >= 0.6 is 0 Å². The maximum absolute atomic E-state index is 11.8. The molecule has 1 aliphatic carbocycles. The van der Waals surface area contributed by atoms with Crippen molar-refractivity contribution < 1.29 is 13.5 Å². The first-order valence-corrected chi connectivity index (χ1v) is 7.71. The zero-order valence-electron chi connectivity index (χ0n) is 10.2. The summed E-state index contributed by atoms with van der Waals surface area (Å²) in [6.07, 6.45) is 2.76. The van der Waals surface area contributed by atoms with Crippen molar-refractivity contribution in [2.24, 2.45) is 0 Å². The first kappa shape index (κ1) is 12.6. The van der Waals surface area contributed by atoms with Gasteiger partial charge in [0, 0.05) is 18.8 Å². The molecule has 1 aromatic rings. The summed E-state index contributed by atoms with van der Waals surface area (Å²) in [5.74, 6) is 0.0948. The number of sulfone groups is 1. The number of aliphatic hydroxyl groups excluding tert-OH is 1. The first-order valence-electron chi connectivity index (χ1n) is 5.81. The van der Waals surface area contributed by atoms with Crippen LogP contribution in [-0.4, -0.2) is 26.4 Å². The Morgan fingerprint density at radius 2 is 1.82 bits per heavy atom. The van der Waals surface area contributed by atoms with Crippen molar-refractivity contribution >= 4 is 9.84 Å². The van der Waals surface area contributed by atoms with Crippen molar-refractivity contribution in [3.8, 4) is 0 Å². The normalized spacial score (nSPS) is 19.9. The van der Waals surface area contributed by atoms with E-state index in [1.165, 1.54) is 6.26 Å². The molecule has 0 aromatic heterocycles. The van der Waals surface area contributed by atoms with Gasteiger partial charge in [0.15, 0.2) is 9.84 Å². The second-order valence-corrected chi connectivity index (χ2v) is 7.30. The van der Waals surface area contributed by atoms with Gasteiger partial charge in [-0.05, 0) is 24.0 Å². The maximum Gasteiger partial charge on any atom is 0.157 e. The van der Waals surface area contributed by atoms with Crippen LogP contribution in [0.4, 0.5) is 0 Å². The highest BCUT2D eigenvalue weighted by Gasteiger charge is 2.53. The average Bonchev–Trinajstić information content (AvgIpc) is 3.08. The fourth-order valence-corrected chi connectivity index (χ4v) is 3.62. The van der Waals surface area contributed by atoms with Crippen LogP contribution in [0.15, 0.2) is 24.3 Å². The Hall–Kier alpha value is -0.870. The molecule has 1 N–H and O–H groups in total. The molecule has 0 saturated heterocycles. The molecule has 4 heteroatoms.